The second kappa shape index (κ2) is 1.04. The van der Waals surface area contributed by atoms with E-state index in [9.17, 15) is 4.79 Å². The van der Waals surface area contributed by atoms with Gasteiger partial charge in [-0.25, -0.2) is 0 Å². The first-order valence-corrected chi connectivity index (χ1v) is 0.993. The zero-order chi connectivity index (χ0) is 3.58. The second-order valence-electron chi connectivity index (χ2n) is 0.611. The van der Waals surface area contributed by atoms with Gasteiger partial charge in [-0.05, 0) is 6.92 Å². The summed E-state index contributed by atoms with van der Waals surface area (Å²) in [5.41, 5.74) is 0. The van der Waals surface area contributed by atoms with Gasteiger partial charge >= 0.3 is 0 Å². The van der Waals surface area contributed by atoms with Crippen LogP contribution in [0.4, 0.5) is 0 Å². The van der Waals surface area contributed by atoms with Gasteiger partial charge in [0.05, 0.1) is 0 Å². The van der Waals surface area contributed by atoms with Crippen molar-refractivity contribution in [3.05, 3.63) is 6.92 Å². The second-order valence-corrected chi connectivity index (χ2v) is 0.611. The zero-order valence-corrected chi connectivity index (χ0v) is 2.49. The largest absolute Gasteiger partial charge is 0.300 e. The van der Waals surface area contributed by atoms with Crippen LogP contribution in [-0.2, 0) is 4.79 Å². The van der Waals surface area contributed by atoms with E-state index < -0.39 is 0 Å². The molecule has 0 aliphatic heterocycles. The van der Waals surface area contributed by atoms with E-state index in [4.69, 9.17) is 0 Å². The van der Waals surface area contributed by atoms with Gasteiger partial charge in [0.15, 0.2) is 0 Å². The number of ketones is 1. The van der Waals surface area contributed by atoms with Crippen LogP contribution in [0.2, 0.25) is 0 Å². The Balaban J connectivity index is 2.80. The summed E-state index contributed by atoms with van der Waals surface area (Å²) in [4.78, 5) is 9.22. The zero-order valence-electron chi connectivity index (χ0n) is 2.49. The molecule has 0 unspecified atom stereocenters. The Hall–Kier alpha value is -0.330. The Kier molecular flexibility index (Phi) is 0.958. The van der Waals surface area contributed by atoms with Gasteiger partial charge in [0, 0.05) is 6.92 Å². The van der Waals surface area contributed by atoms with Crippen molar-refractivity contribution < 1.29 is 4.79 Å². The summed E-state index contributed by atoms with van der Waals surface area (Å²) in [7, 11) is 0. The van der Waals surface area contributed by atoms with E-state index in [0.717, 1.165) is 0 Å². The van der Waals surface area contributed by atoms with Gasteiger partial charge in [-0.2, -0.15) is 0 Å². The minimum absolute atomic E-state index is 0.333. The average molecular weight is 56.1 g/mol. The van der Waals surface area contributed by atoms with Crippen LogP contribution in [0, 0.1) is 6.92 Å². The van der Waals surface area contributed by atoms with Gasteiger partial charge in [0.1, 0.15) is 5.78 Å². The molecule has 0 spiro atoms. The van der Waals surface area contributed by atoms with E-state index >= 15 is 0 Å². The molecule has 0 rings (SSSR count). The fourth-order valence-electron chi connectivity index (χ4n) is 0. The highest BCUT2D eigenvalue weighted by molar-refractivity contribution is 5.79. The number of Topliss-reactive ketones (excluding diaryl/α,β-unsaturated/α-hetero) is 1. The van der Waals surface area contributed by atoms with Gasteiger partial charge < -0.3 is 0 Å². The summed E-state index contributed by atoms with van der Waals surface area (Å²) >= 11 is 0. The maximum absolute atomic E-state index is 9.22. The van der Waals surface area contributed by atoms with Crippen LogP contribution >= 0.6 is 0 Å². The Morgan fingerprint density at radius 3 is 2.00 bits per heavy atom. The summed E-state index contributed by atoms with van der Waals surface area (Å²) < 4.78 is 0. The maximum Gasteiger partial charge on any atom is 0.134 e. The molecule has 0 aromatic rings. The van der Waals surface area contributed by atoms with Crippen molar-refractivity contribution in [3.63, 3.8) is 0 Å². The molecule has 0 atom stereocenters. The lowest BCUT2D eigenvalue weighted by atomic mass is 10.6. The highest BCUT2D eigenvalue weighted by Gasteiger charge is 1.63. The van der Waals surface area contributed by atoms with Gasteiger partial charge in [0.2, 0.25) is 0 Å². The molecule has 4 heavy (non-hydrogen) atoms. The van der Waals surface area contributed by atoms with Gasteiger partial charge in [-0.1, -0.05) is 0 Å². The number of carbonyl (C=O) groups is 1. The van der Waals surface area contributed by atoms with Crippen molar-refractivity contribution in [2.24, 2.45) is 0 Å². The minimum atomic E-state index is -0.333. The van der Waals surface area contributed by atoms with E-state index in [1.54, 1.807) is 0 Å². The summed E-state index contributed by atoms with van der Waals surface area (Å²) in [6.45, 7) is 5.78. The Morgan fingerprint density at radius 2 is 2.00 bits per heavy atom. The van der Waals surface area contributed by atoms with Crippen LogP contribution in [0.1, 0.15) is 6.92 Å². The van der Waals surface area contributed by atoms with Crippen molar-refractivity contribution in [2.45, 2.75) is 6.92 Å². The van der Waals surface area contributed by atoms with Gasteiger partial charge in [-0.15, -0.1) is 0 Å². The smallest absolute Gasteiger partial charge is 0.134 e. The van der Waals surface area contributed by atoms with E-state index in [2.05, 4.69) is 6.92 Å². The van der Waals surface area contributed by atoms with Crippen LogP contribution in [0.3, 0.4) is 0 Å². The molecule has 1 nitrogen and oxygen atoms in total. The van der Waals surface area contributed by atoms with Crippen molar-refractivity contribution in [1.29, 1.82) is 0 Å². The molecule has 0 N–H and O–H groups in total. The first-order chi connectivity index (χ1) is 1.73. The van der Waals surface area contributed by atoms with Gasteiger partial charge in [0.25, 0.3) is 0 Å². The van der Waals surface area contributed by atoms with Crippen molar-refractivity contribution in [1.82, 2.24) is 0 Å². The first-order valence-electron chi connectivity index (χ1n) is 0.993. The summed E-state index contributed by atoms with van der Waals surface area (Å²) in [6, 6.07) is 0. The molecule has 0 saturated heterocycles. The van der Waals surface area contributed by atoms with E-state index in [-0.39, 0.29) is 5.78 Å². The van der Waals surface area contributed by atoms with Crippen LogP contribution in [0.15, 0.2) is 0 Å². The van der Waals surface area contributed by atoms with Gasteiger partial charge in [-0.3, -0.25) is 4.79 Å². The number of carbonyl (C=O) groups excluding carboxylic acids is 1. The fraction of sp³-hybridized carbons (Fsp3) is 0.333. The molecular weight excluding hydrogens is 52.0 g/mol. The summed E-state index contributed by atoms with van der Waals surface area (Å²) in [5.74, 6) is -0.333. The normalized spacial score (nSPS) is 6.50. The quantitative estimate of drug-likeness (QED) is 0.389. The Bertz CT molecular complexity index is 26.3. The third kappa shape index (κ3) is 6.88. The number of hydrogen-bond acceptors (Lipinski definition) is 1. The molecule has 22 valence electrons. The maximum atomic E-state index is 9.22. The lowest BCUT2D eigenvalue weighted by Gasteiger charge is -1.55. The monoisotopic (exact) mass is 56.0 g/mol. The van der Waals surface area contributed by atoms with Crippen LogP contribution in [-0.4, -0.2) is 5.78 Å². The Morgan fingerprint density at radius 1 is 2.00 bits per heavy atom. The van der Waals surface area contributed by atoms with Crippen molar-refractivity contribution >= 4 is 5.78 Å². The lowest BCUT2D eigenvalue weighted by Crippen LogP contribution is -1.70. The highest BCUT2D eigenvalue weighted by atomic mass is 16.1. The topological polar surface area (TPSA) is 17.1 Å². The molecular formula is C3H4O. The average Bonchev–Trinajstić information content (AvgIpc) is 0.811. The van der Waals surface area contributed by atoms with E-state index in [1.165, 1.54) is 6.92 Å². The third-order valence-electron chi connectivity index (χ3n) is 0. The molecule has 0 saturated carbocycles. The molecule has 1 heteroatoms. The molecule has 0 aromatic carbocycles. The van der Waals surface area contributed by atoms with Crippen LogP contribution in [0.5, 0.6) is 0 Å². The minimum Gasteiger partial charge on any atom is -0.300 e. The van der Waals surface area contributed by atoms with Crippen molar-refractivity contribution in [3.8, 4) is 0 Å². The summed E-state index contributed by atoms with van der Waals surface area (Å²) in [5, 5.41) is 0. The highest BCUT2D eigenvalue weighted by Crippen LogP contribution is 1.49. The third-order valence-corrected chi connectivity index (χ3v) is 0. The summed E-state index contributed by atoms with van der Waals surface area (Å²) in [6.07, 6.45) is 0. The molecule has 0 aromatic heterocycles. The SMILES string of the molecule is [CH]C(C)=O. The first kappa shape index (κ1) is 3.67. The lowest BCUT2D eigenvalue weighted by molar-refractivity contribution is -0.112. The predicted octanol–water partition coefficient (Wildman–Crippen LogP) is 0.286. The Labute approximate surface area is 25.6 Å². The van der Waals surface area contributed by atoms with Crippen molar-refractivity contribution in [2.75, 3.05) is 0 Å². The van der Waals surface area contributed by atoms with E-state index in [0.29, 0.717) is 0 Å². The standard InChI is InChI=1S/C3H4O/c1-3(2)4/h1H,2H3. The molecule has 2 radical (unpaired) electrons. The van der Waals surface area contributed by atoms with Crippen LogP contribution in [0.25, 0.3) is 0 Å². The molecule has 0 aliphatic carbocycles. The number of rotatable bonds is 0. The fourth-order valence-corrected chi connectivity index (χ4v) is 0. The molecule has 0 aliphatic rings. The molecule has 0 bridgehead atoms. The molecule has 0 fully saturated rings. The van der Waals surface area contributed by atoms with Crippen LogP contribution < -0.4 is 0 Å². The predicted molar refractivity (Wildman–Crippen MR) is 15.0 cm³/mol. The number of hydrogen-bond donors (Lipinski definition) is 0. The van der Waals surface area contributed by atoms with E-state index in [1.807, 2.05) is 0 Å². The molecule has 0 amide bonds. The molecule has 0 heterocycles.